The molecule has 0 amide bonds. The summed E-state index contributed by atoms with van der Waals surface area (Å²) in [4.78, 5) is 0. The van der Waals surface area contributed by atoms with Gasteiger partial charge in [0, 0.05) is 12.6 Å². The Labute approximate surface area is 102 Å². The Morgan fingerprint density at radius 2 is 1.75 bits per heavy atom. The quantitative estimate of drug-likeness (QED) is 0.636. The van der Waals surface area contributed by atoms with Gasteiger partial charge in [-0.25, -0.2) is 0 Å². The molecule has 0 heterocycles. The van der Waals surface area contributed by atoms with Crippen molar-refractivity contribution in [3.63, 3.8) is 0 Å². The zero-order valence-electron chi connectivity index (χ0n) is 11.8. The minimum atomic E-state index is -0.192. The van der Waals surface area contributed by atoms with Crippen LogP contribution in [0, 0.1) is 11.8 Å². The largest absolute Gasteiger partial charge is 0.392 e. The molecule has 0 aliphatic carbocycles. The molecule has 3 atom stereocenters. The van der Waals surface area contributed by atoms with Crippen molar-refractivity contribution in [2.24, 2.45) is 11.8 Å². The molecule has 0 rings (SSSR count). The second kappa shape index (κ2) is 9.00. The summed E-state index contributed by atoms with van der Waals surface area (Å²) in [6.07, 6.45) is 4.36. The number of rotatable bonds is 9. The number of hydrogen-bond acceptors (Lipinski definition) is 2. The first-order chi connectivity index (χ1) is 7.51. The number of aliphatic hydroxyl groups excluding tert-OH is 1. The van der Waals surface area contributed by atoms with Crippen LogP contribution < -0.4 is 5.32 Å². The Morgan fingerprint density at radius 1 is 1.12 bits per heavy atom. The van der Waals surface area contributed by atoms with Gasteiger partial charge in [0.2, 0.25) is 0 Å². The fraction of sp³-hybridized carbons (Fsp3) is 1.00. The van der Waals surface area contributed by atoms with Gasteiger partial charge in [-0.15, -0.1) is 0 Å². The van der Waals surface area contributed by atoms with E-state index in [2.05, 4.69) is 39.9 Å². The number of hydrogen-bond donors (Lipinski definition) is 2. The molecule has 0 aliphatic rings. The van der Waals surface area contributed by atoms with E-state index in [1.165, 1.54) is 12.8 Å². The van der Waals surface area contributed by atoms with Crippen molar-refractivity contribution >= 4 is 0 Å². The van der Waals surface area contributed by atoms with Gasteiger partial charge in [0.15, 0.2) is 0 Å². The molecular weight excluding hydrogens is 198 g/mol. The highest BCUT2D eigenvalue weighted by Gasteiger charge is 2.15. The van der Waals surface area contributed by atoms with Gasteiger partial charge >= 0.3 is 0 Å². The van der Waals surface area contributed by atoms with Crippen LogP contribution in [0.5, 0.6) is 0 Å². The maximum atomic E-state index is 9.81. The maximum Gasteiger partial charge on any atom is 0.0667 e. The normalized spacial score (nSPS) is 17.4. The third kappa shape index (κ3) is 7.24. The van der Waals surface area contributed by atoms with Gasteiger partial charge in [-0.2, -0.15) is 0 Å². The Bertz CT molecular complexity index is 159. The zero-order chi connectivity index (χ0) is 12.6. The lowest BCUT2D eigenvalue weighted by atomic mass is 9.94. The van der Waals surface area contributed by atoms with E-state index in [9.17, 15) is 5.11 Å². The maximum absolute atomic E-state index is 9.81. The predicted molar refractivity (Wildman–Crippen MR) is 71.6 cm³/mol. The van der Waals surface area contributed by atoms with E-state index < -0.39 is 0 Å². The fourth-order valence-electron chi connectivity index (χ4n) is 2.32. The van der Waals surface area contributed by atoms with Crippen LogP contribution in [-0.4, -0.2) is 23.8 Å². The summed E-state index contributed by atoms with van der Waals surface area (Å²) in [5, 5.41) is 13.3. The molecule has 0 aromatic carbocycles. The smallest absolute Gasteiger partial charge is 0.0667 e. The van der Waals surface area contributed by atoms with Crippen molar-refractivity contribution in [2.75, 3.05) is 6.54 Å². The summed E-state index contributed by atoms with van der Waals surface area (Å²) in [6, 6.07) is 0.557. The molecule has 0 spiro atoms. The Balaban J connectivity index is 3.85. The van der Waals surface area contributed by atoms with Gasteiger partial charge in [-0.3, -0.25) is 0 Å². The van der Waals surface area contributed by atoms with Crippen LogP contribution in [0.3, 0.4) is 0 Å². The van der Waals surface area contributed by atoms with Gasteiger partial charge in [-0.1, -0.05) is 41.0 Å². The van der Waals surface area contributed by atoms with E-state index in [0.29, 0.717) is 17.9 Å². The Morgan fingerprint density at radius 3 is 2.19 bits per heavy atom. The zero-order valence-corrected chi connectivity index (χ0v) is 11.8. The van der Waals surface area contributed by atoms with E-state index >= 15 is 0 Å². The van der Waals surface area contributed by atoms with E-state index in [4.69, 9.17) is 0 Å². The van der Waals surface area contributed by atoms with Crippen molar-refractivity contribution in [3.05, 3.63) is 0 Å². The van der Waals surface area contributed by atoms with Gasteiger partial charge < -0.3 is 10.4 Å². The summed E-state index contributed by atoms with van der Waals surface area (Å²) in [6.45, 7) is 11.8. The summed E-state index contributed by atoms with van der Waals surface area (Å²) in [5.74, 6) is 1.28. The van der Waals surface area contributed by atoms with Gasteiger partial charge in [0.05, 0.1) is 6.10 Å². The summed E-state index contributed by atoms with van der Waals surface area (Å²) in [5.41, 5.74) is 0. The summed E-state index contributed by atoms with van der Waals surface area (Å²) < 4.78 is 0. The first kappa shape index (κ1) is 15.9. The van der Waals surface area contributed by atoms with Gasteiger partial charge in [0.25, 0.3) is 0 Å². The van der Waals surface area contributed by atoms with Crippen molar-refractivity contribution < 1.29 is 5.11 Å². The molecule has 2 heteroatoms. The topological polar surface area (TPSA) is 32.3 Å². The molecule has 2 nitrogen and oxygen atoms in total. The Hall–Kier alpha value is -0.0800. The number of aliphatic hydroxyl groups is 1. The molecule has 0 aromatic rings. The van der Waals surface area contributed by atoms with E-state index in [1.807, 2.05) is 0 Å². The molecule has 0 aromatic heterocycles. The van der Waals surface area contributed by atoms with Crippen LogP contribution in [0.25, 0.3) is 0 Å². The van der Waals surface area contributed by atoms with Gasteiger partial charge in [0.1, 0.15) is 0 Å². The number of nitrogens with one attached hydrogen (secondary N) is 1. The molecule has 16 heavy (non-hydrogen) atoms. The highest BCUT2D eigenvalue weighted by atomic mass is 16.3. The Kier molecular flexibility index (Phi) is 8.96. The van der Waals surface area contributed by atoms with Crippen molar-refractivity contribution in [2.45, 2.75) is 72.4 Å². The van der Waals surface area contributed by atoms with E-state index in [1.54, 1.807) is 0 Å². The second-order valence-corrected chi connectivity index (χ2v) is 5.47. The molecule has 0 aliphatic heterocycles. The third-order valence-corrected chi connectivity index (χ3v) is 3.23. The standard InChI is InChI=1S/C14H31NO/c1-6-8-12(5)14(7-2)15-10-13(16)9-11(3)4/h11-16H,6-10H2,1-5H3. The lowest BCUT2D eigenvalue weighted by Crippen LogP contribution is -2.39. The van der Waals surface area contributed by atoms with Crippen molar-refractivity contribution in [1.82, 2.24) is 5.32 Å². The van der Waals surface area contributed by atoms with Crippen LogP contribution in [0.2, 0.25) is 0 Å². The van der Waals surface area contributed by atoms with Crippen LogP contribution in [-0.2, 0) is 0 Å². The van der Waals surface area contributed by atoms with Crippen LogP contribution >= 0.6 is 0 Å². The molecule has 0 radical (unpaired) electrons. The first-order valence-corrected chi connectivity index (χ1v) is 6.92. The first-order valence-electron chi connectivity index (χ1n) is 6.92. The predicted octanol–water partition coefficient (Wildman–Crippen LogP) is 3.20. The summed E-state index contributed by atoms with van der Waals surface area (Å²) >= 11 is 0. The van der Waals surface area contributed by atoms with Crippen molar-refractivity contribution in [3.8, 4) is 0 Å². The fourth-order valence-corrected chi connectivity index (χ4v) is 2.32. The molecule has 2 N–H and O–H groups in total. The second-order valence-electron chi connectivity index (χ2n) is 5.47. The SMILES string of the molecule is CCCC(C)C(CC)NCC(O)CC(C)C. The van der Waals surface area contributed by atoms with E-state index in [-0.39, 0.29) is 6.10 Å². The average Bonchev–Trinajstić information content (AvgIpc) is 2.17. The highest BCUT2D eigenvalue weighted by Crippen LogP contribution is 2.13. The molecule has 0 fully saturated rings. The molecule has 0 bridgehead atoms. The van der Waals surface area contributed by atoms with Crippen LogP contribution in [0.15, 0.2) is 0 Å². The van der Waals surface area contributed by atoms with Crippen molar-refractivity contribution in [1.29, 1.82) is 0 Å². The average molecular weight is 229 g/mol. The molecule has 0 saturated carbocycles. The minimum absolute atomic E-state index is 0.192. The minimum Gasteiger partial charge on any atom is -0.392 e. The molecular formula is C14H31NO. The van der Waals surface area contributed by atoms with Crippen LogP contribution in [0.4, 0.5) is 0 Å². The third-order valence-electron chi connectivity index (χ3n) is 3.23. The molecule has 0 saturated heterocycles. The molecule has 3 unspecified atom stereocenters. The highest BCUT2D eigenvalue weighted by molar-refractivity contribution is 4.74. The van der Waals surface area contributed by atoms with Crippen LogP contribution in [0.1, 0.15) is 60.3 Å². The summed E-state index contributed by atoms with van der Waals surface area (Å²) in [7, 11) is 0. The lowest BCUT2D eigenvalue weighted by Gasteiger charge is -2.25. The lowest BCUT2D eigenvalue weighted by molar-refractivity contribution is 0.137. The van der Waals surface area contributed by atoms with E-state index in [0.717, 1.165) is 19.4 Å². The van der Waals surface area contributed by atoms with Gasteiger partial charge in [-0.05, 0) is 31.1 Å². The molecule has 98 valence electrons. The monoisotopic (exact) mass is 229 g/mol.